The lowest BCUT2D eigenvalue weighted by Gasteiger charge is -2.20. The largest absolute Gasteiger partial charge is 0.454 e. The molecule has 0 aliphatic heterocycles. The summed E-state index contributed by atoms with van der Waals surface area (Å²) in [7, 11) is 0. The second-order valence-corrected chi connectivity index (χ2v) is 6.66. The van der Waals surface area contributed by atoms with E-state index in [1.165, 1.54) is 0 Å². The lowest BCUT2D eigenvalue weighted by Crippen LogP contribution is -2.45. The van der Waals surface area contributed by atoms with Crippen molar-refractivity contribution in [1.29, 1.82) is 0 Å². The van der Waals surface area contributed by atoms with E-state index < -0.39 is 24.5 Å². The average molecular weight is 389 g/mol. The van der Waals surface area contributed by atoms with E-state index in [0.717, 1.165) is 0 Å². The smallest absolute Gasteiger partial charge is 0.329 e. The van der Waals surface area contributed by atoms with E-state index in [0.29, 0.717) is 16.3 Å². The molecule has 2 aromatic rings. The molecule has 0 aliphatic carbocycles. The summed E-state index contributed by atoms with van der Waals surface area (Å²) in [5, 5.41) is 5.80. The number of benzene rings is 2. The zero-order valence-corrected chi connectivity index (χ0v) is 15.8. The van der Waals surface area contributed by atoms with Crippen LogP contribution in [0, 0.1) is 5.92 Å². The molecule has 142 valence electrons. The summed E-state index contributed by atoms with van der Waals surface area (Å²) >= 11 is 5.78. The monoisotopic (exact) mass is 388 g/mol. The topological polar surface area (TPSA) is 84.5 Å². The lowest BCUT2D eigenvalue weighted by molar-refractivity contribution is -0.150. The fraction of sp³-hybridized carbons (Fsp3) is 0.250. The molecule has 0 saturated heterocycles. The number of ether oxygens (including phenoxy) is 1. The van der Waals surface area contributed by atoms with Gasteiger partial charge in [0.25, 0.3) is 11.8 Å². The molecule has 1 atom stereocenters. The third kappa shape index (κ3) is 6.42. The molecule has 0 bridgehead atoms. The highest BCUT2D eigenvalue weighted by Gasteiger charge is 2.26. The molecule has 0 spiro atoms. The van der Waals surface area contributed by atoms with Gasteiger partial charge >= 0.3 is 5.97 Å². The minimum absolute atomic E-state index is 0.204. The van der Waals surface area contributed by atoms with Crippen molar-refractivity contribution in [2.45, 2.75) is 19.9 Å². The van der Waals surface area contributed by atoms with Crippen LogP contribution in [0.2, 0.25) is 5.02 Å². The molecule has 0 heterocycles. The van der Waals surface area contributed by atoms with E-state index in [2.05, 4.69) is 10.6 Å². The van der Waals surface area contributed by atoms with Crippen molar-refractivity contribution >= 4 is 35.1 Å². The third-order valence-corrected chi connectivity index (χ3v) is 3.97. The number of esters is 1. The van der Waals surface area contributed by atoms with Crippen LogP contribution in [0.4, 0.5) is 5.69 Å². The van der Waals surface area contributed by atoms with Gasteiger partial charge in [-0.15, -0.1) is 0 Å². The molecule has 0 aliphatic rings. The first-order chi connectivity index (χ1) is 12.9. The first kappa shape index (κ1) is 20.5. The zero-order chi connectivity index (χ0) is 19.8. The van der Waals surface area contributed by atoms with E-state index in [1.54, 1.807) is 68.4 Å². The first-order valence-corrected chi connectivity index (χ1v) is 8.82. The molecule has 6 nitrogen and oxygen atoms in total. The number of carbonyl (C=O) groups excluding carboxylic acids is 3. The van der Waals surface area contributed by atoms with Crippen LogP contribution in [-0.2, 0) is 14.3 Å². The van der Waals surface area contributed by atoms with Gasteiger partial charge in [-0.3, -0.25) is 9.59 Å². The Bertz CT molecular complexity index is 791. The van der Waals surface area contributed by atoms with Crippen molar-refractivity contribution in [2.75, 3.05) is 11.9 Å². The lowest BCUT2D eigenvalue weighted by atomic mass is 10.0. The van der Waals surface area contributed by atoms with Gasteiger partial charge in [0, 0.05) is 16.3 Å². The molecule has 0 unspecified atom stereocenters. The molecular formula is C20H21ClN2O4. The summed E-state index contributed by atoms with van der Waals surface area (Å²) in [6, 6.07) is 14.3. The molecule has 7 heteroatoms. The minimum Gasteiger partial charge on any atom is -0.454 e. The Labute approximate surface area is 162 Å². The predicted molar refractivity (Wildman–Crippen MR) is 104 cm³/mol. The van der Waals surface area contributed by atoms with Crippen molar-refractivity contribution in [3.63, 3.8) is 0 Å². The van der Waals surface area contributed by atoms with Gasteiger partial charge in [-0.2, -0.15) is 0 Å². The number of amides is 2. The van der Waals surface area contributed by atoms with Gasteiger partial charge in [-0.25, -0.2) is 4.79 Å². The summed E-state index contributed by atoms with van der Waals surface area (Å²) in [6.45, 7) is 3.11. The fourth-order valence-electron chi connectivity index (χ4n) is 2.27. The summed E-state index contributed by atoms with van der Waals surface area (Å²) in [6.07, 6.45) is 0. The Morgan fingerprint density at radius 1 is 1.00 bits per heavy atom. The number of carbonyl (C=O) groups is 3. The van der Waals surface area contributed by atoms with Gasteiger partial charge < -0.3 is 15.4 Å². The molecule has 2 aromatic carbocycles. The van der Waals surface area contributed by atoms with Crippen LogP contribution in [0.1, 0.15) is 24.2 Å². The summed E-state index contributed by atoms with van der Waals surface area (Å²) in [4.78, 5) is 36.5. The molecule has 0 fully saturated rings. The van der Waals surface area contributed by atoms with E-state index in [4.69, 9.17) is 16.3 Å². The van der Waals surface area contributed by atoms with Crippen molar-refractivity contribution in [3.8, 4) is 0 Å². The van der Waals surface area contributed by atoms with Crippen LogP contribution in [0.3, 0.4) is 0 Å². The number of halogens is 1. The Balaban J connectivity index is 1.89. The van der Waals surface area contributed by atoms with Gasteiger partial charge in [-0.05, 0) is 42.3 Å². The molecule has 2 N–H and O–H groups in total. The van der Waals surface area contributed by atoms with Gasteiger partial charge in [0.05, 0.1) is 0 Å². The maximum absolute atomic E-state index is 12.3. The highest BCUT2D eigenvalue weighted by molar-refractivity contribution is 6.30. The maximum Gasteiger partial charge on any atom is 0.329 e. The third-order valence-electron chi connectivity index (χ3n) is 3.72. The van der Waals surface area contributed by atoms with Gasteiger partial charge in [0.15, 0.2) is 6.61 Å². The van der Waals surface area contributed by atoms with Crippen LogP contribution in [0.25, 0.3) is 0 Å². The van der Waals surface area contributed by atoms with E-state index in [1.807, 2.05) is 0 Å². The molecule has 2 rings (SSSR count). The predicted octanol–water partition coefficient (Wildman–Crippen LogP) is 3.28. The van der Waals surface area contributed by atoms with Crippen LogP contribution in [0.5, 0.6) is 0 Å². The highest BCUT2D eigenvalue weighted by Crippen LogP contribution is 2.13. The first-order valence-electron chi connectivity index (χ1n) is 8.45. The normalized spacial score (nSPS) is 11.6. The van der Waals surface area contributed by atoms with Gasteiger partial charge in [0.2, 0.25) is 0 Å². The second kappa shape index (κ2) is 9.73. The number of hydrogen-bond donors (Lipinski definition) is 2. The van der Waals surface area contributed by atoms with E-state index in [-0.39, 0.29) is 11.8 Å². The standard InChI is InChI=1S/C20H21ClN2O4/c1-13(2)18(23-19(25)14-6-4-3-5-7-14)20(26)27-12-17(24)22-16-10-8-15(21)9-11-16/h3-11,13,18H,12H2,1-2H3,(H,22,24)(H,23,25)/t18-/m0/s1. The van der Waals surface area contributed by atoms with Gasteiger partial charge in [-0.1, -0.05) is 43.6 Å². The van der Waals surface area contributed by atoms with E-state index >= 15 is 0 Å². The Kier molecular flexibility index (Phi) is 7.37. The molecule has 0 radical (unpaired) electrons. The molecule has 0 aromatic heterocycles. The Morgan fingerprint density at radius 3 is 2.22 bits per heavy atom. The van der Waals surface area contributed by atoms with Crippen molar-refractivity contribution in [2.24, 2.45) is 5.92 Å². The summed E-state index contributed by atoms with van der Waals surface area (Å²) < 4.78 is 5.07. The molecular weight excluding hydrogens is 368 g/mol. The quantitative estimate of drug-likeness (QED) is 0.713. The minimum atomic E-state index is -0.860. The van der Waals surface area contributed by atoms with Gasteiger partial charge in [0.1, 0.15) is 6.04 Å². The van der Waals surface area contributed by atoms with Crippen molar-refractivity contribution in [1.82, 2.24) is 5.32 Å². The summed E-state index contributed by atoms with van der Waals surface area (Å²) in [5.74, 6) is -1.73. The second-order valence-electron chi connectivity index (χ2n) is 6.22. The Hall–Kier alpha value is -2.86. The fourth-order valence-corrected chi connectivity index (χ4v) is 2.39. The summed E-state index contributed by atoms with van der Waals surface area (Å²) in [5.41, 5.74) is 0.981. The van der Waals surface area contributed by atoms with Crippen molar-refractivity contribution in [3.05, 3.63) is 65.2 Å². The molecule has 2 amide bonds. The van der Waals surface area contributed by atoms with E-state index in [9.17, 15) is 14.4 Å². The van der Waals surface area contributed by atoms with Crippen LogP contribution in [-0.4, -0.2) is 30.4 Å². The number of hydrogen-bond acceptors (Lipinski definition) is 4. The highest BCUT2D eigenvalue weighted by atomic mass is 35.5. The average Bonchev–Trinajstić information content (AvgIpc) is 2.66. The van der Waals surface area contributed by atoms with Crippen LogP contribution < -0.4 is 10.6 Å². The molecule has 0 saturated carbocycles. The SMILES string of the molecule is CC(C)[C@H](NC(=O)c1ccccc1)C(=O)OCC(=O)Nc1ccc(Cl)cc1. The number of anilines is 1. The maximum atomic E-state index is 12.3. The molecule has 27 heavy (non-hydrogen) atoms. The van der Waals surface area contributed by atoms with Crippen molar-refractivity contribution < 1.29 is 19.1 Å². The van der Waals surface area contributed by atoms with Crippen LogP contribution in [0.15, 0.2) is 54.6 Å². The number of rotatable bonds is 7. The number of nitrogens with one attached hydrogen (secondary N) is 2. The zero-order valence-electron chi connectivity index (χ0n) is 15.1. The van der Waals surface area contributed by atoms with Crippen LogP contribution >= 0.6 is 11.6 Å². The Morgan fingerprint density at radius 2 is 1.63 bits per heavy atom.